The van der Waals surface area contributed by atoms with E-state index >= 15 is 0 Å². The minimum atomic E-state index is -0.612. The molecule has 0 saturated carbocycles. The number of unbranched alkanes of at least 4 members (excludes halogenated alkanes) is 1. The Morgan fingerprint density at radius 1 is 1.55 bits per heavy atom. The number of aliphatic imine (C=N–C) groups is 1. The summed E-state index contributed by atoms with van der Waals surface area (Å²) in [5, 5.41) is 12.3. The molecular weight excluding hydrogens is 257 g/mol. The van der Waals surface area contributed by atoms with Gasteiger partial charge in [0.25, 0.3) is 0 Å². The van der Waals surface area contributed by atoms with Crippen LogP contribution in [0.15, 0.2) is 35.8 Å². The molecule has 20 heavy (non-hydrogen) atoms. The zero-order chi connectivity index (χ0) is 15.0. The standard InChI is InChI=1S/C15H22FN3O/c1-4-5-6-9-19(3)15(17-2)18-11-12-7-8-14(20)13(16)10-12/h4,7-8,10,20H,1,5-6,9,11H2,2-3H3,(H,17,18). The van der Waals surface area contributed by atoms with Crippen molar-refractivity contribution in [1.82, 2.24) is 10.2 Å². The average Bonchev–Trinajstić information content (AvgIpc) is 2.43. The molecule has 0 aromatic heterocycles. The molecule has 0 bridgehead atoms. The van der Waals surface area contributed by atoms with Crippen molar-refractivity contribution in [2.75, 3.05) is 20.6 Å². The van der Waals surface area contributed by atoms with Gasteiger partial charge >= 0.3 is 0 Å². The fourth-order valence-electron chi connectivity index (χ4n) is 1.80. The Morgan fingerprint density at radius 2 is 2.30 bits per heavy atom. The molecule has 0 radical (unpaired) electrons. The minimum absolute atomic E-state index is 0.334. The molecule has 1 aromatic carbocycles. The molecule has 1 aromatic rings. The normalized spacial score (nSPS) is 11.2. The number of hydrogen-bond donors (Lipinski definition) is 2. The van der Waals surface area contributed by atoms with Crippen LogP contribution < -0.4 is 5.32 Å². The number of hydrogen-bond acceptors (Lipinski definition) is 2. The van der Waals surface area contributed by atoms with E-state index in [1.54, 1.807) is 13.1 Å². The van der Waals surface area contributed by atoms with Gasteiger partial charge in [-0.3, -0.25) is 4.99 Å². The van der Waals surface area contributed by atoms with E-state index in [9.17, 15) is 4.39 Å². The number of aromatic hydroxyl groups is 1. The Kier molecular flexibility index (Phi) is 6.56. The van der Waals surface area contributed by atoms with Gasteiger partial charge in [0.05, 0.1) is 0 Å². The molecule has 1 rings (SSSR count). The van der Waals surface area contributed by atoms with E-state index < -0.39 is 5.82 Å². The van der Waals surface area contributed by atoms with Crippen molar-refractivity contribution in [2.24, 2.45) is 4.99 Å². The number of allylic oxidation sites excluding steroid dienone is 1. The first-order valence-corrected chi connectivity index (χ1v) is 6.58. The number of phenolic OH excluding ortho intramolecular Hbond substituents is 1. The van der Waals surface area contributed by atoms with E-state index in [-0.39, 0.29) is 5.75 Å². The van der Waals surface area contributed by atoms with E-state index in [2.05, 4.69) is 16.9 Å². The van der Waals surface area contributed by atoms with E-state index in [0.717, 1.165) is 30.9 Å². The van der Waals surface area contributed by atoms with Gasteiger partial charge in [0.15, 0.2) is 17.5 Å². The topological polar surface area (TPSA) is 47.9 Å². The van der Waals surface area contributed by atoms with Gasteiger partial charge in [-0.1, -0.05) is 12.1 Å². The summed E-state index contributed by atoms with van der Waals surface area (Å²) in [6.45, 7) is 5.02. The molecule has 0 amide bonds. The molecule has 0 unspecified atom stereocenters. The SMILES string of the molecule is C=CCCCN(C)C(=NC)NCc1ccc(O)c(F)c1. The molecule has 110 valence electrons. The van der Waals surface area contributed by atoms with Crippen LogP contribution in [0.3, 0.4) is 0 Å². The number of phenols is 1. The van der Waals surface area contributed by atoms with Crippen LogP contribution in [0.25, 0.3) is 0 Å². The predicted molar refractivity (Wildman–Crippen MR) is 80.3 cm³/mol. The highest BCUT2D eigenvalue weighted by molar-refractivity contribution is 5.79. The highest BCUT2D eigenvalue weighted by Gasteiger charge is 2.06. The molecule has 0 aliphatic carbocycles. The van der Waals surface area contributed by atoms with Crippen molar-refractivity contribution < 1.29 is 9.50 Å². The van der Waals surface area contributed by atoms with Crippen LogP contribution >= 0.6 is 0 Å². The van der Waals surface area contributed by atoms with Gasteiger partial charge in [0.1, 0.15) is 0 Å². The van der Waals surface area contributed by atoms with Crippen molar-refractivity contribution in [3.63, 3.8) is 0 Å². The van der Waals surface area contributed by atoms with Crippen LogP contribution in [-0.2, 0) is 6.54 Å². The monoisotopic (exact) mass is 279 g/mol. The summed E-state index contributed by atoms with van der Waals surface area (Å²) in [4.78, 5) is 6.20. The lowest BCUT2D eigenvalue weighted by Crippen LogP contribution is -2.38. The van der Waals surface area contributed by atoms with Gasteiger partial charge in [-0.2, -0.15) is 0 Å². The Morgan fingerprint density at radius 3 is 2.90 bits per heavy atom. The number of halogens is 1. The molecule has 0 spiro atoms. The van der Waals surface area contributed by atoms with Crippen LogP contribution in [-0.4, -0.2) is 36.6 Å². The van der Waals surface area contributed by atoms with Gasteiger partial charge in [-0.15, -0.1) is 6.58 Å². The number of guanidine groups is 1. The lowest BCUT2D eigenvalue weighted by Gasteiger charge is -2.21. The molecule has 0 heterocycles. The zero-order valence-corrected chi connectivity index (χ0v) is 12.1. The molecular formula is C15H22FN3O. The maximum absolute atomic E-state index is 13.2. The third kappa shape index (κ3) is 4.91. The smallest absolute Gasteiger partial charge is 0.193 e. The number of nitrogens with zero attached hydrogens (tertiary/aromatic N) is 2. The number of benzene rings is 1. The molecule has 0 saturated heterocycles. The molecule has 0 atom stereocenters. The number of rotatable bonds is 6. The van der Waals surface area contributed by atoms with Crippen LogP contribution in [0.5, 0.6) is 5.75 Å². The van der Waals surface area contributed by atoms with Crippen LogP contribution in [0, 0.1) is 5.82 Å². The molecule has 0 aliphatic heterocycles. The van der Waals surface area contributed by atoms with Gasteiger partial charge in [0, 0.05) is 27.2 Å². The second-order valence-electron chi connectivity index (χ2n) is 4.54. The average molecular weight is 279 g/mol. The maximum Gasteiger partial charge on any atom is 0.193 e. The first-order chi connectivity index (χ1) is 9.58. The summed E-state index contributed by atoms with van der Waals surface area (Å²) >= 11 is 0. The van der Waals surface area contributed by atoms with Crippen molar-refractivity contribution in [2.45, 2.75) is 19.4 Å². The second kappa shape index (κ2) is 8.19. The third-order valence-corrected chi connectivity index (χ3v) is 2.94. The van der Waals surface area contributed by atoms with Gasteiger partial charge in [-0.05, 0) is 30.5 Å². The van der Waals surface area contributed by atoms with E-state index in [0.29, 0.717) is 6.54 Å². The highest BCUT2D eigenvalue weighted by Crippen LogP contribution is 2.15. The Balaban J connectivity index is 2.52. The Bertz CT molecular complexity index is 474. The summed E-state index contributed by atoms with van der Waals surface area (Å²) in [5.41, 5.74) is 0.751. The van der Waals surface area contributed by atoms with Crippen molar-refractivity contribution >= 4 is 5.96 Å². The molecule has 5 heteroatoms. The van der Waals surface area contributed by atoms with Crippen LogP contribution in [0.1, 0.15) is 18.4 Å². The van der Waals surface area contributed by atoms with Crippen molar-refractivity contribution in [1.29, 1.82) is 0 Å². The van der Waals surface area contributed by atoms with Gasteiger partial charge in [0.2, 0.25) is 0 Å². The summed E-state index contributed by atoms with van der Waals surface area (Å²) < 4.78 is 13.2. The van der Waals surface area contributed by atoms with Gasteiger partial charge < -0.3 is 15.3 Å². The second-order valence-corrected chi connectivity index (χ2v) is 4.54. The third-order valence-electron chi connectivity index (χ3n) is 2.94. The molecule has 2 N–H and O–H groups in total. The Hall–Kier alpha value is -2.04. The zero-order valence-electron chi connectivity index (χ0n) is 12.1. The summed E-state index contributed by atoms with van der Waals surface area (Å²) in [6, 6.07) is 4.34. The van der Waals surface area contributed by atoms with Crippen LogP contribution in [0.4, 0.5) is 4.39 Å². The first-order valence-electron chi connectivity index (χ1n) is 6.58. The summed E-state index contributed by atoms with van der Waals surface area (Å²) in [6.07, 6.45) is 3.86. The van der Waals surface area contributed by atoms with E-state index in [1.165, 1.54) is 12.1 Å². The van der Waals surface area contributed by atoms with E-state index in [1.807, 2.05) is 18.0 Å². The van der Waals surface area contributed by atoms with Crippen LogP contribution in [0.2, 0.25) is 0 Å². The highest BCUT2D eigenvalue weighted by atomic mass is 19.1. The van der Waals surface area contributed by atoms with Crippen molar-refractivity contribution in [3.05, 3.63) is 42.2 Å². The Labute approximate surface area is 119 Å². The fourth-order valence-corrected chi connectivity index (χ4v) is 1.80. The summed E-state index contributed by atoms with van der Waals surface area (Å²) in [5.74, 6) is -0.194. The minimum Gasteiger partial charge on any atom is -0.505 e. The quantitative estimate of drug-likeness (QED) is 0.364. The van der Waals surface area contributed by atoms with Gasteiger partial charge in [-0.25, -0.2) is 4.39 Å². The largest absolute Gasteiger partial charge is 0.505 e. The van der Waals surface area contributed by atoms with Crippen molar-refractivity contribution in [3.8, 4) is 5.75 Å². The first kappa shape index (κ1) is 16.0. The van der Waals surface area contributed by atoms with E-state index in [4.69, 9.17) is 5.11 Å². The predicted octanol–water partition coefficient (Wildman–Crippen LogP) is 2.50. The molecule has 0 aliphatic rings. The fraction of sp³-hybridized carbons (Fsp3) is 0.400. The lowest BCUT2D eigenvalue weighted by molar-refractivity contribution is 0.431. The summed E-state index contributed by atoms with van der Waals surface area (Å²) in [7, 11) is 3.67. The number of nitrogens with one attached hydrogen (secondary N) is 1. The molecule has 0 fully saturated rings. The maximum atomic E-state index is 13.2. The lowest BCUT2D eigenvalue weighted by atomic mass is 10.2. The molecule has 4 nitrogen and oxygen atoms in total.